The first-order valence-corrected chi connectivity index (χ1v) is 7.10. The van der Waals surface area contributed by atoms with Crippen LogP contribution in [0.3, 0.4) is 0 Å². The number of nitrogens with zero attached hydrogens (tertiary/aromatic N) is 1. The van der Waals surface area contributed by atoms with Gasteiger partial charge in [-0.2, -0.15) is 5.26 Å². The van der Waals surface area contributed by atoms with Crippen molar-refractivity contribution in [2.75, 3.05) is 13.7 Å². The van der Waals surface area contributed by atoms with Gasteiger partial charge >= 0.3 is 5.97 Å². The molecule has 1 aromatic carbocycles. The van der Waals surface area contributed by atoms with Gasteiger partial charge in [0.05, 0.1) is 18.7 Å². The molecular formula is C16H20N2O5. The third-order valence-electron chi connectivity index (χ3n) is 2.99. The van der Waals surface area contributed by atoms with Crippen LogP contribution < -0.4 is 14.8 Å². The SMILES string of the molecule is COc1cc(C#N)ccc1OCC(=O)N[C@@H](CC(C)C)C(=O)O. The second kappa shape index (κ2) is 8.63. The molecular weight excluding hydrogens is 300 g/mol. The van der Waals surface area contributed by atoms with E-state index in [1.54, 1.807) is 0 Å². The van der Waals surface area contributed by atoms with Gasteiger partial charge in [0.25, 0.3) is 5.91 Å². The van der Waals surface area contributed by atoms with Crippen molar-refractivity contribution in [3.63, 3.8) is 0 Å². The number of hydrogen-bond acceptors (Lipinski definition) is 5. The number of amides is 1. The zero-order chi connectivity index (χ0) is 17.4. The smallest absolute Gasteiger partial charge is 0.326 e. The van der Waals surface area contributed by atoms with E-state index >= 15 is 0 Å². The van der Waals surface area contributed by atoms with Crippen LogP contribution in [0.25, 0.3) is 0 Å². The number of rotatable bonds is 8. The molecule has 7 heteroatoms. The number of nitrogens with one attached hydrogen (secondary N) is 1. The largest absolute Gasteiger partial charge is 0.493 e. The van der Waals surface area contributed by atoms with Crippen LogP contribution >= 0.6 is 0 Å². The monoisotopic (exact) mass is 320 g/mol. The fraction of sp³-hybridized carbons (Fsp3) is 0.438. The molecule has 0 fully saturated rings. The third-order valence-corrected chi connectivity index (χ3v) is 2.99. The molecule has 0 aromatic heterocycles. The van der Waals surface area contributed by atoms with E-state index in [2.05, 4.69) is 5.32 Å². The predicted octanol–water partition coefficient (Wildman–Crippen LogP) is 1.56. The number of ether oxygens (including phenoxy) is 2. The molecule has 7 nitrogen and oxygen atoms in total. The Morgan fingerprint density at radius 3 is 2.57 bits per heavy atom. The van der Waals surface area contributed by atoms with Crippen molar-refractivity contribution < 1.29 is 24.2 Å². The van der Waals surface area contributed by atoms with E-state index in [1.165, 1.54) is 25.3 Å². The summed E-state index contributed by atoms with van der Waals surface area (Å²) in [5.41, 5.74) is 0.404. The number of carboxylic acids is 1. The van der Waals surface area contributed by atoms with Crippen molar-refractivity contribution in [2.24, 2.45) is 5.92 Å². The predicted molar refractivity (Wildman–Crippen MR) is 82.2 cm³/mol. The Hall–Kier alpha value is -2.75. The molecule has 1 amide bonds. The van der Waals surface area contributed by atoms with E-state index in [0.717, 1.165) is 0 Å². The molecule has 1 atom stereocenters. The maximum atomic E-state index is 11.8. The molecule has 0 bridgehead atoms. The van der Waals surface area contributed by atoms with Crippen molar-refractivity contribution >= 4 is 11.9 Å². The molecule has 0 unspecified atom stereocenters. The van der Waals surface area contributed by atoms with Gasteiger partial charge in [0.2, 0.25) is 0 Å². The molecule has 0 aliphatic heterocycles. The first kappa shape index (κ1) is 18.3. The lowest BCUT2D eigenvalue weighted by atomic mass is 10.0. The van der Waals surface area contributed by atoms with Gasteiger partial charge in [0.15, 0.2) is 18.1 Å². The molecule has 1 rings (SSSR count). The van der Waals surface area contributed by atoms with Crippen molar-refractivity contribution in [3.05, 3.63) is 23.8 Å². The molecule has 0 saturated heterocycles. The Balaban J connectivity index is 2.65. The summed E-state index contributed by atoms with van der Waals surface area (Å²) >= 11 is 0. The summed E-state index contributed by atoms with van der Waals surface area (Å²) < 4.78 is 10.4. The number of carbonyl (C=O) groups excluding carboxylic acids is 1. The number of carbonyl (C=O) groups is 2. The average molecular weight is 320 g/mol. The fourth-order valence-electron chi connectivity index (χ4n) is 1.93. The van der Waals surface area contributed by atoms with Crippen LogP contribution in [0.1, 0.15) is 25.8 Å². The minimum atomic E-state index is -1.08. The highest BCUT2D eigenvalue weighted by Crippen LogP contribution is 2.27. The lowest BCUT2D eigenvalue weighted by Crippen LogP contribution is -2.43. The Labute approximate surface area is 134 Å². The van der Waals surface area contributed by atoms with Crippen LogP contribution in [-0.4, -0.2) is 36.7 Å². The van der Waals surface area contributed by atoms with E-state index in [4.69, 9.17) is 19.8 Å². The van der Waals surface area contributed by atoms with E-state index < -0.39 is 17.9 Å². The number of methoxy groups -OCH3 is 1. The van der Waals surface area contributed by atoms with E-state index in [0.29, 0.717) is 23.5 Å². The first-order valence-electron chi connectivity index (χ1n) is 7.10. The van der Waals surface area contributed by atoms with Gasteiger partial charge < -0.3 is 19.9 Å². The zero-order valence-corrected chi connectivity index (χ0v) is 13.3. The quantitative estimate of drug-likeness (QED) is 0.752. The van der Waals surface area contributed by atoms with Crippen molar-refractivity contribution in [2.45, 2.75) is 26.3 Å². The molecule has 1 aromatic rings. The molecule has 0 radical (unpaired) electrons. The highest BCUT2D eigenvalue weighted by molar-refractivity contribution is 5.84. The van der Waals surface area contributed by atoms with Crippen LogP contribution in [-0.2, 0) is 9.59 Å². The highest BCUT2D eigenvalue weighted by atomic mass is 16.5. The van der Waals surface area contributed by atoms with E-state index in [-0.39, 0.29) is 12.5 Å². The Morgan fingerprint density at radius 2 is 2.04 bits per heavy atom. The standard InChI is InChI=1S/C16H20N2O5/c1-10(2)6-12(16(20)21)18-15(19)9-23-13-5-4-11(8-17)7-14(13)22-3/h4-5,7,10,12H,6,9H2,1-3H3,(H,18,19)(H,20,21)/t12-/m0/s1. The van der Waals surface area contributed by atoms with Crippen molar-refractivity contribution in [1.82, 2.24) is 5.32 Å². The Kier molecular flexibility index (Phi) is 6.87. The van der Waals surface area contributed by atoms with Crippen LogP contribution in [0.4, 0.5) is 0 Å². The third kappa shape index (κ3) is 5.87. The summed E-state index contributed by atoms with van der Waals surface area (Å²) in [4.78, 5) is 23.0. The normalized spacial score (nSPS) is 11.4. The van der Waals surface area contributed by atoms with Gasteiger partial charge in [0.1, 0.15) is 6.04 Å². The van der Waals surface area contributed by atoms with Crippen LogP contribution in [0.2, 0.25) is 0 Å². The summed E-state index contributed by atoms with van der Waals surface area (Å²) in [7, 11) is 1.42. The Bertz CT molecular complexity index is 607. The number of aliphatic carboxylic acids is 1. The molecule has 0 spiro atoms. The summed E-state index contributed by atoms with van der Waals surface area (Å²) in [5.74, 6) is -0.852. The number of hydrogen-bond donors (Lipinski definition) is 2. The average Bonchev–Trinajstić information content (AvgIpc) is 2.51. The number of carboxylic acid groups (broad SMARTS) is 1. The van der Waals surface area contributed by atoms with Gasteiger partial charge in [-0.05, 0) is 24.5 Å². The van der Waals surface area contributed by atoms with Gasteiger partial charge in [0, 0.05) is 6.07 Å². The summed E-state index contributed by atoms with van der Waals surface area (Å²) in [5, 5.41) is 20.3. The summed E-state index contributed by atoms with van der Waals surface area (Å²) in [6, 6.07) is 5.57. The van der Waals surface area contributed by atoms with Crippen LogP contribution in [0.5, 0.6) is 11.5 Å². The van der Waals surface area contributed by atoms with Gasteiger partial charge in [-0.3, -0.25) is 4.79 Å². The van der Waals surface area contributed by atoms with Gasteiger partial charge in [-0.1, -0.05) is 13.8 Å². The van der Waals surface area contributed by atoms with E-state index in [9.17, 15) is 9.59 Å². The minimum Gasteiger partial charge on any atom is -0.493 e. The molecule has 0 aliphatic carbocycles. The minimum absolute atomic E-state index is 0.135. The lowest BCUT2D eigenvalue weighted by molar-refractivity contribution is -0.142. The molecule has 2 N–H and O–H groups in total. The highest BCUT2D eigenvalue weighted by Gasteiger charge is 2.21. The summed E-state index contributed by atoms with van der Waals surface area (Å²) in [6.45, 7) is 3.41. The van der Waals surface area contributed by atoms with E-state index in [1.807, 2.05) is 19.9 Å². The first-order chi connectivity index (χ1) is 10.9. The van der Waals surface area contributed by atoms with Crippen molar-refractivity contribution in [1.29, 1.82) is 5.26 Å². The van der Waals surface area contributed by atoms with Crippen molar-refractivity contribution in [3.8, 4) is 17.6 Å². The van der Waals surface area contributed by atoms with Gasteiger partial charge in [-0.25, -0.2) is 4.79 Å². The van der Waals surface area contributed by atoms with Gasteiger partial charge in [-0.15, -0.1) is 0 Å². The summed E-state index contributed by atoms with van der Waals surface area (Å²) in [6.07, 6.45) is 0.335. The Morgan fingerprint density at radius 1 is 1.35 bits per heavy atom. The maximum absolute atomic E-state index is 11.8. The molecule has 124 valence electrons. The lowest BCUT2D eigenvalue weighted by Gasteiger charge is -2.17. The number of nitriles is 1. The fourth-order valence-corrected chi connectivity index (χ4v) is 1.93. The van der Waals surface area contributed by atoms with Crippen LogP contribution in [0.15, 0.2) is 18.2 Å². The second-order valence-corrected chi connectivity index (χ2v) is 5.35. The topological polar surface area (TPSA) is 109 Å². The molecule has 0 saturated carbocycles. The second-order valence-electron chi connectivity index (χ2n) is 5.35. The molecule has 23 heavy (non-hydrogen) atoms. The maximum Gasteiger partial charge on any atom is 0.326 e. The number of benzene rings is 1. The molecule has 0 aliphatic rings. The van der Waals surface area contributed by atoms with Crippen LogP contribution in [0, 0.1) is 17.2 Å². The zero-order valence-electron chi connectivity index (χ0n) is 13.3. The molecule has 0 heterocycles.